The maximum Gasteiger partial charge on any atom is 0.326 e. The SMILES string of the molecule is CC[C@H](C)[C@H](N)C(=O)N[C@@H](Cc1ccccc1)C(=O)N[C@@H](CS)C(=O)N[C@@H](CCCCN)C(=O)N[C@@H](CCC(=O)O)C(=O)O. The zero-order valence-corrected chi connectivity index (χ0v) is 26.1. The van der Waals surface area contributed by atoms with Crippen LogP contribution < -0.4 is 32.7 Å². The highest BCUT2D eigenvalue weighted by atomic mass is 32.1. The number of nitrogens with two attached hydrogens (primary N) is 2. The molecule has 0 saturated heterocycles. The van der Waals surface area contributed by atoms with Crippen LogP contribution in [0.25, 0.3) is 0 Å². The fraction of sp³-hybridized carbons (Fsp3) is 0.586. The lowest BCUT2D eigenvalue weighted by Gasteiger charge is -2.26. The molecule has 1 aromatic carbocycles. The number of carbonyl (C=O) groups is 6. The molecule has 0 aliphatic carbocycles. The predicted octanol–water partition coefficient (Wildman–Crippen LogP) is -0.450. The molecule has 4 amide bonds. The molecule has 246 valence electrons. The first-order valence-corrected chi connectivity index (χ1v) is 15.2. The number of thiol groups is 1. The molecule has 0 spiro atoms. The van der Waals surface area contributed by atoms with Crippen molar-refractivity contribution in [2.24, 2.45) is 17.4 Å². The van der Waals surface area contributed by atoms with Crippen LogP contribution in [0.1, 0.15) is 57.9 Å². The summed E-state index contributed by atoms with van der Waals surface area (Å²) in [6.45, 7) is 4.04. The van der Waals surface area contributed by atoms with Crippen molar-refractivity contribution in [2.45, 2.75) is 89.0 Å². The summed E-state index contributed by atoms with van der Waals surface area (Å²) in [7, 11) is 0. The van der Waals surface area contributed by atoms with E-state index in [0.29, 0.717) is 25.8 Å². The summed E-state index contributed by atoms with van der Waals surface area (Å²) in [5.74, 6) is -5.74. The number of unbranched alkanes of at least 4 members (excludes halogenated alkanes) is 1. The van der Waals surface area contributed by atoms with E-state index in [1.165, 1.54) is 0 Å². The molecule has 44 heavy (non-hydrogen) atoms. The van der Waals surface area contributed by atoms with Gasteiger partial charge in [0.05, 0.1) is 6.04 Å². The fourth-order valence-electron chi connectivity index (χ4n) is 4.14. The second kappa shape index (κ2) is 20.3. The lowest BCUT2D eigenvalue weighted by atomic mass is 9.98. The molecule has 6 atom stereocenters. The van der Waals surface area contributed by atoms with Crippen molar-refractivity contribution in [1.82, 2.24) is 21.3 Å². The van der Waals surface area contributed by atoms with Gasteiger partial charge in [-0.15, -0.1) is 0 Å². The highest BCUT2D eigenvalue weighted by Crippen LogP contribution is 2.09. The number of nitrogens with one attached hydrogen (secondary N) is 4. The highest BCUT2D eigenvalue weighted by molar-refractivity contribution is 7.80. The molecule has 0 aliphatic heterocycles. The molecule has 0 bridgehead atoms. The number of rotatable bonds is 21. The molecule has 0 heterocycles. The van der Waals surface area contributed by atoms with Crippen molar-refractivity contribution in [3.63, 3.8) is 0 Å². The van der Waals surface area contributed by atoms with Crippen LogP contribution in [0.4, 0.5) is 0 Å². The number of hydrogen-bond acceptors (Lipinski definition) is 9. The predicted molar refractivity (Wildman–Crippen MR) is 167 cm³/mol. The third-order valence-corrected chi connectivity index (χ3v) is 7.50. The molecule has 14 nitrogen and oxygen atoms in total. The molecule has 1 rings (SSSR count). The Morgan fingerprint density at radius 1 is 0.795 bits per heavy atom. The normalized spacial score (nSPS) is 15.0. The Balaban J connectivity index is 3.10. The monoisotopic (exact) mass is 638 g/mol. The minimum absolute atomic E-state index is 0.105. The number of benzene rings is 1. The van der Waals surface area contributed by atoms with Crippen LogP contribution in [0.2, 0.25) is 0 Å². The van der Waals surface area contributed by atoms with Gasteiger partial charge >= 0.3 is 11.9 Å². The van der Waals surface area contributed by atoms with Gasteiger partial charge in [0.1, 0.15) is 24.2 Å². The molecule has 0 unspecified atom stereocenters. The molecule has 0 radical (unpaired) electrons. The van der Waals surface area contributed by atoms with Crippen LogP contribution in [-0.4, -0.2) is 88.3 Å². The summed E-state index contributed by atoms with van der Waals surface area (Å²) >= 11 is 4.20. The number of carboxylic acids is 2. The third-order valence-electron chi connectivity index (χ3n) is 7.13. The van der Waals surface area contributed by atoms with Gasteiger partial charge in [0.2, 0.25) is 23.6 Å². The summed E-state index contributed by atoms with van der Waals surface area (Å²) in [5.41, 5.74) is 12.4. The van der Waals surface area contributed by atoms with Gasteiger partial charge < -0.3 is 42.9 Å². The Bertz CT molecular complexity index is 1110. The summed E-state index contributed by atoms with van der Waals surface area (Å²) in [4.78, 5) is 75.0. The molecule has 0 saturated carbocycles. The van der Waals surface area contributed by atoms with E-state index in [2.05, 4.69) is 33.9 Å². The van der Waals surface area contributed by atoms with E-state index in [1.807, 2.05) is 19.9 Å². The molecule has 15 heteroatoms. The Morgan fingerprint density at radius 2 is 1.34 bits per heavy atom. The van der Waals surface area contributed by atoms with Crippen molar-refractivity contribution in [3.8, 4) is 0 Å². The van der Waals surface area contributed by atoms with Gasteiger partial charge in [-0.3, -0.25) is 24.0 Å². The second-order valence-electron chi connectivity index (χ2n) is 10.6. The van der Waals surface area contributed by atoms with E-state index in [9.17, 15) is 33.9 Å². The first kappa shape index (κ1) is 38.3. The van der Waals surface area contributed by atoms with E-state index in [-0.39, 0.29) is 30.9 Å². The van der Waals surface area contributed by atoms with Gasteiger partial charge in [-0.2, -0.15) is 12.6 Å². The highest BCUT2D eigenvalue weighted by Gasteiger charge is 2.32. The van der Waals surface area contributed by atoms with E-state index < -0.39 is 72.2 Å². The Kier molecular flexibility index (Phi) is 17.7. The second-order valence-corrected chi connectivity index (χ2v) is 10.9. The van der Waals surface area contributed by atoms with Gasteiger partial charge in [0.15, 0.2) is 0 Å². The van der Waals surface area contributed by atoms with Crippen molar-refractivity contribution >= 4 is 48.2 Å². The molecule has 0 aromatic heterocycles. The maximum atomic E-state index is 13.4. The topological polar surface area (TPSA) is 243 Å². The van der Waals surface area contributed by atoms with Crippen LogP contribution in [0.5, 0.6) is 0 Å². The van der Waals surface area contributed by atoms with E-state index in [0.717, 1.165) is 5.56 Å². The quantitative estimate of drug-likeness (QED) is 0.0620. The van der Waals surface area contributed by atoms with Crippen molar-refractivity contribution < 1.29 is 39.0 Å². The molecular weight excluding hydrogens is 592 g/mol. The summed E-state index contributed by atoms with van der Waals surface area (Å²) in [5, 5.41) is 28.4. The smallest absolute Gasteiger partial charge is 0.326 e. The average molecular weight is 639 g/mol. The van der Waals surface area contributed by atoms with Crippen molar-refractivity contribution in [1.29, 1.82) is 0 Å². The molecule has 0 aliphatic rings. The zero-order valence-electron chi connectivity index (χ0n) is 25.2. The Hall–Kier alpha value is -3.69. The summed E-state index contributed by atoms with van der Waals surface area (Å²) < 4.78 is 0. The number of amides is 4. The number of aliphatic carboxylic acids is 2. The lowest BCUT2D eigenvalue weighted by Crippen LogP contribution is -2.59. The Labute approximate surface area is 262 Å². The third kappa shape index (κ3) is 13.7. The van der Waals surface area contributed by atoms with Crippen LogP contribution in [-0.2, 0) is 35.2 Å². The molecule has 1 aromatic rings. The van der Waals surface area contributed by atoms with Gasteiger partial charge in [0.25, 0.3) is 0 Å². The summed E-state index contributed by atoms with van der Waals surface area (Å²) in [6.07, 6.45) is 0.965. The standard InChI is InChI=1S/C29H46N6O8S/c1-3-17(2)24(31)28(41)34-21(15-18-9-5-4-6-10-18)26(39)35-22(16-44)27(40)32-19(11-7-8-14-30)25(38)33-20(29(42)43)12-13-23(36)37/h4-6,9-10,17,19-22,24,44H,3,7-8,11-16,30-31H2,1-2H3,(H,32,40)(H,33,38)(H,34,41)(H,35,39)(H,36,37)(H,42,43)/t17-,19-,20-,21-,22-,24-/m0/s1. The van der Waals surface area contributed by atoms with Crippen LogP contribution >= 0.6 is 12.6 Å². The zero-order chi connectivity index (χ0) is 33.2. The van der Waals surface area contributed by atoms with Crippen molar-refractivity contribution in [3.05, 3.63) is 35.9 Å². The number of hydrogen-bond donors (Lipinski definition) is 9. The fourth-order valence-corrected chi connectivity index (χ4v) is 4.39. The maximum absolute atomic E-state index is 13.4. The largest absolute Gasteiger partial charge is 0.481 e. The van der Waals surface area contributed by atoms with E-state index >= 15 is 0 Å². The van der Waals surface area contributed by atoms with Crippen LogP contribution in [0.3, 0.4) is 0 Å². The molecule has 0 fully saturated rings. The average Bonchev–Trinajstić information content (AvgIpc) is 3.00. The van der Waals surface area contributed by atoms with Gasteiger partial charge in [-0.1, -0.05) is 50.6 Å². The van der Waals surface area contributed by atoms with E-state index in [1.54, 1.807) is 24.3 Å². The summed E-state index contributed by atoms with van der Waals surface area (Å²) in [6, 6.07) is 3.10. The van der Waals surface area contributed by atoms with E-state index in [4.69, 9.17) is 16.6 Å². The lowest BCUT2D eigenvalue weighted by molar-refractivity contribution is -0.143. The van der Waals surface area contributed by atoms with Crippen molar-refractivity contribution in [2.75, 3.05) is 12.3 Å². The number of carboxylic acid groups (broad SMARTS) is 2. The minimum Gasteiger partial charge on any atom is -0.481 e. The first-order valence-electron chi connectivity index (χ1n) is 14.6. The molecular formula is C29H46N6O8S. The number of carbonyl (C=O) groups excluding carboxylic acids is 4. The van der Waals surface area contributed by atoms with Gasteiger partial charge in [-0.25, -0.2) is 4.79 Å². The van der Waals surface area contributed by atoms with Crippen LogP contribution in [0, 0.1) is 5.92 Å². The van der Waals surface area contributed by atoms with Gasteiger partial charge in [0, 0.05) is 18.6 Å². The Morgan fingerprint density at radius 3 is 1.89 bits per heavy atom. The molecule has 10 N–H and O–H groups in total. The first-order chi connectivity index (χ1) is 20.8. The van der Waals surface area contributed by atoms with Gasteiger partial charge in [-0.05, 0) is 43.7 Å². The minimum atomic E-state index is -1.49. The van der Waals surface area contributed by atoms with Crippen LogP contribution in [0.15, 0.2) is 30.3 Å².